The van der Waals surface area contributed by atoms with Gasteiger partial charge in [0.25, 0.3) is 5.91 Å². The van der Waals surface area contributed by atoms with E-state index in [4.69, 9.17) is 0 Å². The van der Waals surface area contributed by atoms with Gasteiger partial charge in [0.2, 0.25) is 0 Å². The Morgan fingerprint density at radius 2 is 2.35 bits per heavy atom. The van der Waals surface area contributed by atoms with Crippen molar-refractivity contribution in [2.45, 2.75) is 44.6 Å². The van der Waals surface area contributed by atoms with Gasteiger partial charge in [0.05, 0.1) is 5.60 Å². The van der Waals surface area contributed by atoms with Crippen LogP contribution < -0.4 is 5.32 Å². The number of carbonyl (C=O) groups excluding carboxylic acids is 1. The second kappa shape index (κ2) is 4.49. The first-order valence-electron chi connectivity index (χ1n) is 6.06. The summed E-state index contributed by atoms with van der Waals surface area (Å²) in [5.74, 6) is 0.0911. The molecule has 1 aromatic heterocycles. The monoisotopic (exact) mass is 237 g/mol. The number of aromatic amines is 1. The van der Waals surface area contributed by atoms with Crippen molar-refractivity contribution < 1.29 is 9.90 Å². The minimum Gasteiger partial charge on any atom is -0.388 e. The lowest BCUT2D eigenvalue weighted by Gasteiger charge is -2.36. The van der Waals surface area contributed by atoms with Crippen molar-refractivity contribution in [2.24, 2.45) is 0 Å². The van der Waals surface area contributed by atoms with E-state index in [0.29, 0.717) is 18.2 Å². The molecule has 0 unspecified atom stereocenters. The maximum Gasteiger partial charge on any atom is 0.271 e. The molecular weight excluding hydrogens is 218 g/mol. The highest BCUT2D eigenvalue weighted by Crippen LogP contribution is 2.30. The normalized spacial score (nSPS) is 17.9. The van der Waals surface area contributed by atoms with Crippen LogP contribution in [0.2, 0.25) is 0 Å². The Labute approximate surface area is 101 Å². The summed E-state index contributed by atoms with van der Waals surface area (Å²) in [6.45, 7) is 4.38. The predicted molar refractivity (Wildman–Crippen MR) is 63.8 cm³/mol. The summed E-state index contributed by atoms with van der Waals surface area (Å²) < 4.78 is 0. The third-order valence-electron chi connectivity index (χ3n) is 3.31. The van der Waals surface area contributed by atoms with E-state index in [9.17, 15) is 9.90 Å². The fourth-order valence-electron chi connectivity index (χ4n) is 1.85. The van der Waals surface area contributed by atoms with Crippen LogP contribution in [0.1, 0.15) is 55.2 Å². The van der Waals surface area contributed by atoms with E-state index in [1.807, 2.05) is 13.8 Å². The van der Waals surface area contributed by atoms with Gasteiger partial charge in [-0.3, -0.25) is 9.89 Å². The van der Waals surface area contributed by atoms with Crippen molar-refractivity contribution in [1.82, 2.24) is 15.5 Å². The van der Waals surface area contributed by atoms with Crippen molar-refractivity contribution >= 4 is 5.91 Å². The zero-order valence-corrected chi connectivity index (χ0v) is 10.3. The van der Waals surface area contributed by atoms with Gasteiger partial charge < -0.3 is 10.4 Å². The van der Waals surface area contributed by atoms with Gasteiger partial charge in [0.1, 0.15) is 5.69 Å². The number of hydrogen-bond donors (Lipinski definition) is 3. The van der Waals surface area contributed by atoms with Gasteiger partial charge in [0, 0.05) is 12.2 Å². The first-order valence-corrected chi connectivity index (χ1v) is 6.06. The highest BCUT2D eigenvalue weighted by atomic mass is 16.3. The molecule has 0 atom stereocenters. The standard InChI is InChI=1S/C12H19N3O2/c1-8(2)9-6-10(15-14-9)11(16)13-7-12(17)4-3-5-12/h6,8,17H,3-5,7H2,1-2H3,(H,13,16)(H,14,15). The summed E-state index contributed by atoms with van der Waals surface area (Å²) >= 11 is 0. The van der Waals surface area contributed by atoms with Crippen LogP contribution in [0, 0.1) is 0 Å². The van der Waals surface area contributed by atoms with Gasteiger partial charge in [-0.15, -0.1) is 0 Å². The number of nitrogens with zero attached hydrogens (tertiary/aromatic N) is 1. The summed E-state index contributed by atoms with van der Waals surface area (Å²) in [6.07, 6.45) is 2.57. The van der Waals surface area contributed by atoms with E-state index in [1.165, 1.54) is 0 Å². The average molecular weight is 237 g/mol. The molecule has 0 saturated heterocycles. The van der Waals surface area contributed by atoms with Crippen molar-refractivity contribution in [3.8, 4) is 0 Å². The molecule has 94 valence electrons. The molecule has 17 heavy (non-hydrogen) atoms. The molecule has 0 aliphatic heterocycles. The predicted octanol–water partition coefficient (Wildman–Crippen LogP) is 1.18. The SMILES string of the molecule is CC(C)c1cc(C(=O)NCC2(O)CCC2)n[nH]1. The van der Waals surface area contributed by atoms with Gasteiger partial charge in [-0.1, -0.05) is 13.8 Å². The number of aromatic nitrogens is 2. The molecule has 1 aliphatic carbocycles. The first kappa shape index (κ1) is 12.1. The maximum absolute atomic E-state index is 11.8. The maximum atomic E-state index is 11.8. The molecule has 3 N–H and O–H groups in total. The molecule has 1 saturated carbocycles. The molecule has 1 aromatic rings. The number of aliphatic hydroxyl groups is 1. The number of hydrogen-bond acceptors (Lipinski definition) is 3. The van der Waals surface area contributed by atoms with Crippen molar-refractivity contribution in [3.63, 3.8) is 0 Å². The van der Waals surface area contributed by atoms with Crippen molar-refractivity contribution in [3.05, 3.63) is 17.5 Å². The summed E-state index contributed by atoms with van der Waals surface area (Å²) in [5.41, 5.74) is 0.640. The Kier molecular flexibility index (Phi) is 3.19. The molecule has 1 heterocycles. The van der Waals surface area contributed by atoms with E-state index in [0.717, 1.165) is 25.0 Å². The second-order valence-corrected chi connectivity index (χ2v) is 5.12. The fourth-order valence-corrected chi connectivity index (χ4v) is 1.85. The largest absolute Gasteiger partial charge is 0.388 e. The van der Waals surface area contributed by atoms with E-state index in [2.05, 4.69) is 15.5 Å². The summed E-state index contributed by atoms with van der Waals surface area (Å²) in [7, 11) is 0. The minimum absolute atomic E-state index is 0.228. The van der Waals surface area contributed by atoms with Crippen LogP contribution in [0.25, 0.3) is 0 Å². The minimum atomic E-state index is -0.688. The molecule has 1 amide bonds. The average Bonchev–Trinajstić information content (AvgIpc) is 2.72. The molecule has 1 aliphatic rings. The summed E-state index contributed by atoms with van der Waals surface area (Å²) in [5, 5.41) is 19.4. The number of amides is 1. The van der Waals surface area contributed by atoms with Crippen LogP contribution in [0.4, 0.5) is 0 Å². The molecule has 2 rings (SSSR count). The molecule has 5 nitrogen and oxygen atoms in total. The van der Waals surface area contributed by atoms with Crippen LogP contribution in [-0.2, 0) is 0 Å². The Balaban J connectivity index is 1.90. The van der Waals surface area contributed by atoms with Crippen molar-refractivity contribution in [2.75, 3.05) is 6.54 Å². The van der Waals surface area contributed by atoms with E-state index >= 15 is 0 Å². The van der Waals surface area contributed by atoms with Crippen LogP contribution in [0.15, 0.2) is 6.07 Å². The molecular formula is C12H19N3O2. The van der Waals surface area contributed by atoms with Gasteiger partial charge in [0.15, 0.2) is 0 Å². The van der Waals surface area contributed by atoms with Gasteiger partial charge in [-0.25, -0.2) is 0 Å². The first-order chi connectivity index (χ1) is 8.00. The van der Waals surface area contributed by atoms with Crippen LogP contribution in [0.5, 0.6) is 0 Å². The zero-order valence-electron chi connectivity index (χ0n) is 10.3. The van der Waals surface area contributed by atoms with Gasteiger partial charge in [-0.05, 0) is 31.2 Å². The second-order valence-electron chi connectivity index (χ2n) is 5.12. The highest BCUT2D eigenvalue weighted by molar-refractivity contribution is 5.92. The smallest absolute Gasteiger partial charge is 0.271 e. The quantitative estimate of drug-likeness (QED) is 0.735. The highest BCUT2D eigenvalue weighted by Gasteiger charge is 2.34. The van der Waals surface area contributed by atoms with Gasteiger partial charge in [-0.2, -0.15) is 5.10 Å². The number of rotatable bonds is 4. The summed E-state index contributed by atoms with van der Waals surface area (Å²) in [6, 6.07) is 1.75. The fraction of sp³-hybridized carbons (Fsp3) is 0.667. The van der Waals surface area contributed by atoms with E-state index in [1.54, 1.807) is 6.07 Å². The molecule has 0 radical (unpaired) electrons. The third-order valence-corrected chi connectivity index (χ3v) is 3.31. The topological polar surface area (TPSA) is 78.0 Å². The number of H-pyrrole nitrogens is 1. The van der Waals surface area contributed by atoms with Crippen LogP contribution in [0.3, 0.4) is 0 Å². The number of nitrogens with one attached hydrogen (secondary N) is 2. The Bertz CT molecular complexity index is 408. The lowest BCUT2D eigenvalue weighted by atomic mass is 9.80. The Morgan fingerprint density at radius 3 is 2.82 bits per heavy atom. The molecule has 0 aromatic carbocycles. The Hall–Kier alpha value is -1.36. The zero-order chi connectivity index (χ0) is 12.5. The Morgan fingerprint density at radius 1 is 1.65 bits per heavy atom. The van der Waals surface area contributed by atoms with Crippen molar-refractivity contribution in [1.29, 1.82) is 0 Å². The molecule has 5 heteroatoms. The molecule has 0 spiro atoms. The molecule has 0 bridgehead atoms. The van der Waals surface area contributed by atoms with E-state index in [-0.39, 0.29) is 5.91 Å². The van der Waals surface area contributed by atoms with Gasteiger partial charge >= 0.3 is 0 Å². The van der Waals surface area contributed by atoms with Crippen LogP contribution >= 0.6 is 0 Å². The third kappa shape index (κ3) is 2.66. The number of carbonyl (C=O) groups is 1. The van der Waals surface area contributed by atoms with Crippen LogP contribution in [-0.4, -0.2) is 33.4 Å². The van der Waals surface area contributed by atoms with E-state index < -0.39 is 5.60 Å². The molecule has 1 fully saturated rings. The lowest BCUT2D eigenvalue weighted by molar-refractivity contribution is -0.0300. The lowest BCUT2D eigenvalue weighted by Crippen LogP contribution is -2.47. The summed E-state index contributed by atoms with van der Waals surface area (Å²) in [4.78, 5) is 11.8.